The summed E-state index contributed by atoms with van der Waals surface area (Å²) >= 11 is 0. The van der Waals surface area contributed by atoms with Crippen molar-refractivity contribution in [2.75, 3.05) is 23.5 Å². The minimum atomic E-state index is -3.74. The second kappa shape index (κ2) is 6.14. The maximum atomic E-state index is 11.7. The van der Waals surface area contributed by atoms with Crippen LogP contribution in [0.4, 0.5) is 11.4 Å². The lowest BCUT2D eigenvalue weighted by molar-refractivity contribution is 0.597. The average molecular weight is 380 g/mol. The van der Waals surface area contributed by atoms with Crippen LogP contribution in [0.5, 0.6) is 0 Å². The van der Waals surface area contributed by atoms with Gasteiger partial charge in [-0.05, 0) is 42.5 Å². The van der Waals surface area contributed by atoms with E-state index in [2.05, 4.69) is 15.8 Å². The first-order valence-corrected chi connectivity index (χ1v) is 10.6. The van der Waals surface area contributed by atoms with Crippen LogP contribution in [-0.4, -0.2) is 35.3 Å². The minimum absolute atomic E-state index is 0.0105. The standard InChI is InChI=1S/C15H16N4O4S2/c1-24(20,21)12-6-7-14-13(8-12)15(9-17-14)19-18-10-2-4-11(5-3-10)25(16,22)23/h2-8,17-18H,9H2,1H3,(H2,16,22,23). The Balaban J connectivity index is 1.85. The molecule has 0 bridgehead atoms. The normalized spacial score (nSPS) is 15.7. The molecule has 0 spiro atoms. The number of hydrogen-bond donors (Lipinski definition) is 3. The summed E-state index contributed by atoms with van der Waals surface area (Å²) in [5.74, 6) is 0. The topological polar surface area (TPSA) is 131 Å². The Hall–Kier alpha value is -2.43. The van der Waals surface area contributed by atoms with Gasteiger partial charge in [0.05, 0.1) is 27.7 Å². The van der Waals surface area contributed by atoms with Gasteiger partial charge in [-0.25, -0.2) is 22.0 Å². The van der Waals surface area contributed by atoms with E-state index >= 15 is 0 Å². The third kappa shape index (κ3) is 3.81. The maximum Gasteiger partial charge on any atom is 0.238 e. The third-order valence-electron chi connectivity index (χ3n) is 3.68. The van der Waals surface area contributed by atoms with E-state index in [4.69, 9.17) is 5.14 Å². The summed E-state index contributed by atoms with van der Waals surface area (Å²) in [7, 11) is -7.05. The van der Waals surface area contributed by atoms with Crippen molar-refractivity contribution in [1.29, 1.82) is 0 Å². The van der Waals surface area contributed by atoms with Gasteiger partial charge >= 0.3 is 0 Å². The van der Waals surface area contributed by atoms with Gasteiger partial charge in [0.1, 0.15) is 0 Å². The number of hydrazone groups is 1. The van der Waals surface area contributed by atoms with Gasteiger partial charge in [-0.2, -0.15) is 5.10 Å². The predicted octanol–water partition coefficient (Wildman–Crippen LogP) is 0.979. The first kappa shape index (κ1) is 17.4. The fraction of sp³-hybridized carbons (Fsp3) is 0.133. The van der Waals surface area contributed by atoms with Crippen LogP contribution in [0.1, 0.15) is 5.56 Å². The van der Waals surface area contributed by atoms with E-state index in [9.17, 15) is 16.8 Å². The Morgan fingerprint density at radius 2 is 1.68 bits per heavy atom. The molecule has 0 saturated carbocycles. The molecular weight excluding hydrogens is 364 g/mol. The summed E-state index contributed by atoms with van der Waals surface area (Å²) in [6.07, 6.45) is 1.15. The van der Waals surface area contributed by atoms with E-state index in [1.807, 2.05) is 0 Å². The van der Waals surface area contributed by atoms with Crippen LogP contribution in [0.15, 0.2) is 57.4 Å². The highest BCUT2D eigenvalue weighted by atomic mass is 32.2. The Morgan fingerprint density at radius 1 is 1.04 bits per heavy atom. The molecule has 0 atom stereocenters. The summed E-state index contributed by atoms with van der Waals surface area (Å²) in [5.41, 5.74) is 5.56. The number of nitrogens with zero attached hydrogens (tertiary/aromatic N) is 1. The molecule has 0 aliphatic carbocycles. The molecule has 3 rings (SSSR count). The monoisotopic (exact) mass is 380 g/mol. The van der Waals surface area contributed by atoms with Crippen molar-refractivity contribution < 1.29 is 16.8 Å². The van der Waals surface area contributed by atoms with E-state index in [1.54, 1.807) is 30.3 Å². The van der Waals surface area contributed by atoms with Crippen LogP contribution in [0.2, 0.25) is 0 Å². The van der Waals surface area contributed by atoms with Crippen molar-refractivity contribution in [1.82, 2.24) is 0 Å². The Kier molecular flexibility index (Phi) is 4.27. The molecule has 8 nitrogen and oxygen atoms in total. The molecule has 0 aromatic heterocycles. The summed E-state index contributed by atoms with van der Waals surface area (Å²) < 4.78 is 45.9. The second-order valence-electron chi connectivity index (χ2n) is 5.57. The van der Waals surface area contributed by atoms with Gasteiger partial charge in [0.25, 0.3) is 0 Å². The van der Waals surface area contributed by atoms with Crippen LogP contribution in [-0.2, 0) is 19.9 Å². The number of primary sulfonamides is 1. The lowest BCUT2D eigenvalue weighted by atomic mass is 10.1. The van der Waals surface area contributed by atoms with Crippen molar-refractivity contribution >= 4 is 36.9 Å². The number of nitrogens with one attached hydrogen (secondary N) is 2. The molecule has 10 heteroatoms. The average Bonchev–Trinajstić information content (AvgIpc) is 2.94. The minimum Gasteiger partial charge on any atom is -0.379 e. The zero-order valence-corrected chi connectivity index (χ0v) is 14.9. The van der Waals surface area contributed by atoms with Gasteiger partial charge in [0, 0.05) is 17.5 Å². The number of hydrogen-bond acceptors (Lipinski definition) is 7. The van der Waals surface area contributed by atoms with E-state index in [1.165, 1.54) is 12.1 Å². The first-order chi connectivity index (χ1) is 11.6. The van der Waals surface area contributed by atoms with Crippen LogP contribution in [0, 0.1) is 0 Å². The van der Waals surface area contributed by atoms with Crippen LogP contribution < -0.4 is 15.9 Å². The van der Waals surface area contributed by atoms with Gasteiger partial charge in [-0.1, -0.05) is 0 Å². The Bertz CT molecular complexity index is 1060. The number of nitrogens with two attached hydrogens (primary N) is 1. The largest absolute Gasteiger partial charge is 0.379 e. The number of sulfonamides is 1. The number of benzene rings is 2. The predicted molar refractivity (Wildman–Crippen MR) is 96.0 cm³/mol. The highest BCUT2D eigenvalue weighted by Gasteiger charge is 2.20. The summed E-state index contributed by atoms with van der Waals surface area (Å²) in [6, 6.07) is 10.7. The fourth-order valence-electron chi connectivity index (χ4n) is 2.37. The van der Waals surface area contributed by atoms with Crippen LogP contribution in [0.3, 0.4) is 0 Å². The third-order valence-corrected chi connectivity index (χ3v) is 5.72. The quantitative estimate of drug-likeness (QED) is 0.678. The molecule has 2 aromatic rings. The molecule has 1 aliphatic rings. The van der Waals surface area contributed by atoms with Gasteiger partial charge in [0.15, 0.2) is 9.84 Å². The van der Waals surface area contributed by atoms with Crippen molar-refractivity contribution in [3.63, 3.8) is 0 Å². The molecule has 1 aliphatic heterocycles. The zero-order valence-electron chi connectivity index (χ0n) is 13.2. The zero-order chi connectivity index (χ0) is 18.2. The summed E-state index contributed by atoms with van der Waals surface area (Å²) in [4.78, 5) is 0.233. The lowest BCUT2D eigenvalue weighted by Crippen LogP contribution is -2.12. The molecule has 1 heterocycles. The maximum absolute atomic E-state index is 11.7. The molecule has 0 amide bonds. The number of anilines is 2. The fourth-order valence-corrected chi connectivity index (χ4v) is 3.53. The molecule has 132 valence electrons. The molecule has 0 fully saturated rings. The lowest BCUT2D eigenvalue weighted by Gasteiger charge is -2.05. The van der Waals surface area contributed by atoms with Gasteiger partial charge in [-0.15, -0.1) is 0 Å². The first-order valence-electron chi connectivity index (χ1n) is 7.18. The van der Waals surface area contributed by atoms with E-state index in [0.29, 0.717) is 23.5 Å². The number of fused-ring (bicyclic) bond motifs is 1. The van der Waals surface area contributed by atoms with E-state index in [0.717, 1.165) is 11.9 Å². The molecule has 0 saturated heterocycles. The van der Waals surface area contributed by atoms with Gasteiger partial charge in [0.2, 0.25) is 10.0 Å². The number of rotatable bonds is 4. The summed E-state index contributed by atoms with van der Waals surface area (Å²) in [5, 5.41) is 12.5. The molecule has 25 heavy (non-hydrogen) atoms. The SMILES string of the molecule is CS(=O)(=O)c1ccc2c(c1)C(=NNc1ccc(S(N)(=O)=O)cc1)CN2. The van der Waals surface area contributed by atoms with Crippen LogP contribution >= 0.6 is 0 Å². The van der Waals surface area contributed by atoms with Crippen molar-refractivity contribution in [2.24, 2.45) is 10.2 Å². The van der Waals surface area contributed by atoms with Gasteiger partial charge < -0.3 is 5.32 Å². The Labute approximate surface area is 145 Å². The molecule has 0 radical (unpaired) electrons. The smallest absolute Gasteiger partial charge is 0.238 e. The number of sulfone groups is 1. The van der Waals surface area contributed by atoms with Crippen molar-refractivity contribution in [3.05, 3.63) is 48.0 Å². The van der Waals surface area contributed by atoms with Gasteiger partial charge in [-0.3, -0.25) is 5.43 Å². The second-order valence-corrected chi connectivity index (χ2v) is 9.15. The van der Waals surface area contributed by atoms with E-state index in [-0.39, 0.29) is 9.79 Å². The van der Waals surface area contributed by atoms with Crippen LogP contribution in [0.25, 0.3) is 0 Å². The summed E-state index contributed by atoms with van der Waals surface area (Å²) in [6.45, 7) is 0.449. The highest BCUT2D eigenvalue weighted by molar-refractivity contribution is 7.90. The molecule has 4 N–H and O–H groups in total. The Morgan fingerprint density at radius 3 is 2.28 bits per heavy atom. The van der Waals surface area contributed by atoms with Crippen molar-refractivity contribution in [3.8, 4) is 0 Å². The molecular formula is C15H16N4O4S2. The molecule has 0 unspecified atom stereocenters. The van der Waals surface area contributed by atoms with Crippen molar-refractivity contribution in [2.45, 2.75) is 9.79 Å². The van der Waals surface area contributed by atoms with E-state index < -0.39 is 19.9 Å². The highest BCUT2D eigenvalue weighted by Crippen LogP contribution is 2.26. The molecule has 2 aromatic carbocycles.